The van der Waals surface area contributed by atoms with Gasteiger partial charge in [-0.2, -0.15) is 4.98 Å². The number of unbranched alkanes of at least 4 members (excludes halogenated alkanes) is 1. The second-order valence-electron chi connectivity index (χ2n) is 9.00. The molecule has 2 heterocycles. The molecule has 0 aliphatic carbocycles. The highest BCUT2D eigenvalue weighted by Crippen LogP contribution is 2.40. The van der Waals surface area contributed by atoms with Crippen LogP contribution in [0.4, 0.5) is 5.95 Å². The van der Waals surface area contributed by atoms with E-state index in [4.69, 9.17) is 42.5 Å². The Kier molecular flexibility index (Phi) is 10.0. The van der Waals surface area contributed by atoms with Crippen molar-refractivity contribution in [1.29, 1.82) is 0 Å². The van der Waals surface area contributed by atoms with Crippen LogP contribution in [0.25, 0.3) is 0 Å². The van der Waals surface area contributed by atoms with Gasteiger partial charge in [0.2, 0.25) is 11.1 Å². The summed E-state index contributed by atoms with van der Waals surface area (Å²) < 4.78 is 19.1. The lowest BCUT2D eigenvalue weighted by molar-refractivity contribution is -0.139. The molecule has 0 amide bonds. The van der Waals surface area contributed by atoms with Crippen LogP contribution in [0.1, 0.15) is 57.2 Å². The van der Waals surface area contributed by atoms with Crippen molar-refractivity contribution in [3.8, 4) is 11.5 Å². The highest BCUT2D eigenvalue weighted by molar-refractivity contribution is 7.99. The third-order valence-electron chi connectivity index (χ3n) is 6.12. The van der Waals surface area contributed by atoms with E-state index in [1.807, 2.05) is 31.2 Å². The number of fused-ring (bicyclic) bond motifs is 1. The normalized spacial score (nSPS) is 14.6. The summed E-state index contributed by atoms with van der Waals surface area (Å²) >= 11 is 13.9. The predicted octanol–water partition coefficient (Wildman–Crippen LogP) is 7.31. The van der Waals surface area contributed by atoms with E-state index in [0.717, 1.165) is 36.1 Å². The smallest absolute Gasteiger partial charge is 0.338 e. The number of carbonyl (C=O) groups is 1. The molecular weight excluding hydrogens is 559 g/mol. The molecule has 3 aromatic rings. The molecule has 11 heteroatoms. The molecule has 1 unspecified atom stereocenters. The highest BCUT2D eigenvalue weighted by Gasteiger charge is 2.35. The van der Waals surface area contributed by atoms with E-state index in [1.54, 1.807) is 35.7 Å². The van der Waals surface area contributed by atoms with E-state index in [1.165, 1.54) is 0 Å². The first-order chi connectivity index (χ1) is 18.9. The Morgan fingerprint density at radius 1 is 1.13 bits per heavy atom. The Bertz CT molecular complexity index is 1360. The molecular formula is C28H32Cl2N4O4S. The number of nitrogens with one attached hydrogen (secondary N) is 1. The lowest BCUT2D eigenvalue weighted by Gasteiger charge is -2.28. The van der Waals surface area contributed by atoms with Gasteiger partial charge < -0.3 is 19.5 Å². The van der Waals surface area contributed by atoms with Crippen molar-refractivity contribution in [3.63, 3.8) is 0 Å². The number of esters is 1. The van der Waals surface area contributed by atoms with Crippen LogP contribution >= 0.6 is 35.0 Å². The lowest BCUT2D eigenvalue weighted by Crippen LogP contribution is -2.29. The number of halogens is 2. The number of anilines is 1. The van der Waals surface area contributed by atoms with Crippen molar-refractivity contribution in [2.24, 2.45) is 0 Å². The van der Waals surface area contributed by atoms with E-state index >= 15 is 0 Å². The number of aromatic nitrogens is 3. The first kappa shape index (κ1) is 29.1. The summed E-state index contributed by atoms with van der Waals surface area (Å²) in [7, 11) is 1.57. The monoisotopic (exact) mass is 590 g/mol. The van der Waals surface area contributed by atoms with Gasteiger partial charge in [0.15, 0.2) is 11.5 Å². The standard InChI is InChI=1S/C28H32Cl2N4O4S/c1-5-7-12-37-26(35)24-17(3)31-27-32-28(39-13-6-2)33-34(27)25(24)18-9-11-22(23(14-18)36-4)38-16-19-8-10-20(29)15-21(19)30/h8-11,14-15,25H,5-7,12-13,16H2,1-4H3,(H,31,32,33). The summed E-state index contributed by atoms with van der Waals surface area (Å²) in [5, 5.41) is 9.71. The molecule has 8 nitrogen and oxygen atoms in total. The minimum atomic E-state index is -0.562. The van der Waals surface area contributed by atoms with Crippen molar-refractivity contribution in [2.75, 3.05) is 24.8 Å². The average molecular weight is 592 g/mol. The summed E-state index contributed by atoms with van der Waals surface area (Å²) in [6, 6.07) is 10.3. The molecule has 0 spiro atoms. The van der Waals surface area contributed by atoms with Crippen LogP contribution in [0, 0.1) is 0 Å². The molecule has 1 aliphatic rings. The third-order valence-corrected chi connectivity index (χ3v) is 7.75. The topological polar surface area (TPSA) is 87.5 Å². The second kappa shape index (κ2) is 13.5. The van der Waals surface area contributed by atoms with Crippen LogP contribution < -0.4 is 14.8 Å². The number of thioether (sulfide) groups is 1. The van der Waals surface area contributed by atoms with Crippen LogP contribution in [-0.2, 0) is 16.1 Å². The van der Waals surface area contributed by atoms with Gasteiger partial charge >= 0.3 is 5.97 Å². The van der Waals surface area contributed by atoms with Gasteiger partial charge in [0, 0.05) is 27.1 Å². The zero-order valence-electron chi connectivity index (χ0n) is 22.4. The van der Waals surface area contributed by atoms with E-state index < -0.39 is 6.04 Å². The fourth-order valence-electron chi connectivity index (χ4n) is 4.11. The summed E-state index contributed by atoms with van der Waals surface area (Å²) in [6.07, 6.45) is 2.72. The van der Waals surface area contributed by atoms with Crippen LogP contribution in [0.3, 0.4) is 0 Å². The molecule has 0 saturated heterocycles. The fraction of sp³-hybridized carbons (Fsp3) is 0.393. The maximum absolute atomic E-state index is 13.3. The second-order valence-corrected chi connectivity index (χ2v) is 10.9. The van der Waals surface area contributed by atoms with Gasteiger partial charge in [0.05, 0.1) is 19.3 Å². The van der Waals surface area contributed by atoms with E-state index in [0.29, 0.717) is 50.5 Å². The third kappa shape index (κ3) is 6.83. The van der Waals surface area contributed by atoms with Crippen molar-refractivity contribution < 1.29 is 19.0 Å². The van der Waals surface area contributed by atoms with Crippen molar-refractivity contribution in [1.82, 2.24) is 14.8 Å². The molecule has 4 rings (SSSR count). The van der Waals surface area contributed by atoms with Gasteiger partial charge in [0.25, 0.3) is 0 Å². The maximum Gasteiger partial charge on any atom is 0.338 e. The molecule has 39 heavy (non-hydrogen) atoms. The number of ether oxygens (including phenoxy) is 3. The molecule has 2 aromatic carbocycles. The van der Waals surface area contributed by atoms with Crippen LogP contribution in [0.2, 0.25) is 10.0 Å². The molecule has 0 bridgehead atoms. The molecule has 1 aliphatic heterocycles. The number of nitrogens with zero attached hydrogens (tertiary/aromatic N) is 3. The molecule has 0 fully saturated rings. The minimum absolute atomic E-state index is 0.234. The minimum Gasteiger partial charge on any atom is -0.493 e. The molecule has 208 valence electrons. The summed E-state index contributed by atoms with van der Waals surface area (Å²) in [6.45, 7) is 6.60. The number of allylic oxidation sites excluding steroid dienone is 1. The Balaban J connectivity index is 1.69. The molecule has 1 aromatic heterocycles. The quantitative estimate of drug-likeness (QED) is 0.133. The SMILES string of the molecule is CCCCOC(=O)C1=C(C)Nc2nc(SCCC)nn2C1c1ccc(OCc2ccc(Cl)cc2Cl)c(OC)c1. The fourth-order valence-corrected chi connectivity index (χ4v) is 5.26. The predicted molar refractivity (Wildman–Crippen MR) is 155 cm³/mol. The van der Waals surface area contributed by atoms with Gasteiger partial charge in [-0.05, 0) is 49.6 Å². The summed E-state index contributed by atoms with van der Waals surface area (Å²) in [5.41, 5.74) is 2.72. The summed E-state index contributed by atoms with van der Waals surface area (Å²) in [4.78, 5) is 18.0. The van der Waals surface area contributed by atoms with Crippen LogP contribution in [0.15, 0.2) is 52.8 Å². The largest absolute Gasteiger partial charge is 0.493 e. The molecule has 1 atom stereocenters. The number of benzene rings is 2. The van der Waals surface area contributed by atoms with E-state index in [-0.39, 0.29) is 12.6 Å². The number of rotatable bonds is 12. The van der Waals surface area contributed by atoms with Crippen molar-refractivity contribution >= 4 is 46.9 Å². The number of hydrogen-bond acceptors (Lipinski definition) is 8. The van der Waals surface area contributed by atoms with Gasteiger partial charge in [-0.1, -0.05) is 67.4 Å². The molecule has 1 N–H and O–H groups in total. The zero-order chi connectivity index (χ0) is 27.9. The van der Waals surface area contributed by atoms with Crippen LogP contribution in [-0.4, -0.2) is 40.2 Å². The van der Waals surface area contributed by atoms with E-state index in [9.17, 15) is 4.79 Å². The first-order valence-electron chi connectivity index (χ1n) is 12.8. The van der Waals surface area contributed by atoms with Gasteiger partial charge in [-0.3, -0.25) is 0 Å². The Morgan fingerprint density at radius 3 is 2.67 bits per heavy atom. The lowest BCUT2D eigenvalue weighted by atomic mass is 9.95. The Hall–Kier alpha value is -2.88. The van der Waals surface area contributed by atoms with Crippen molar-refractivity contribution in [2.45, 2.75) is 57.8 Å². The van der Waals surface area contributed by atoms with Gasteiger partial charge in [-0.25, -0.2) is 9.48 Å². The average Bonchev–Trinajstić information content (AvgIpc) is 3.32. The summed E-state index contributed by atoms with van der Waals surface area (Å²) in [5.74, 6) is 2.11. The molecule has 0 saturated carbocycles. The zero-order valence-corrected chi connectivity index (χ0v) is 24.8. The highest BCUT2D eigenvalue weighted by atomic mass is 35.5. The number of methoxy groups -OCH3 is 1. The number of carbonyl (C=O) groups excluding carboxylic acids is 1. The Morgan fingerprint density at radius 2 is 1.95 bits per heavy atom. The maximum atomic E-state index is 13.3. The van der Waals surface area contributed by atoms with Crippen molar-refractivity contribution in [3.05, 3.63) is 68.8 Å². The van der Waals surface area contributed by atoms with Crippen LogP contribution in [0.5, 0.6) is 11.5 Å². The number of hydrogen-bond donors (Lipinski definition) is 1. The Labute approximate surface area is 243 Å². The molecule has 0 radical (unpaired) electrons. The van der Waals surface area contributed by atoms with Gasteiger partial charge in [-0.15, -0.1) is 5.10 Å². The van der Waals surface area contributed by atoms with Gasteiger partial charge in [0.1, 0.15) is 12.6 Å². The first-order valence-corrected chi connectivity index (χ1v) is 14.6. The van der Waals surface area contributed by atoms with E-state index in [2.05, 4.69) is 24.1 Å².